The lowest BCUT2D eigenvalue weighted by atomic mass is 9.75. The predicted octanol–water partition coefficient (Wildman–Crippen LogP) is 2.83. The van der Waals surface area contributed by atoms with E-state index in [9.17, 15) is 14.0 Å². The lowest BCUT2D eigenvalue weighted by molar-refractivity contribution is -0.123. The first-order chi connectivity index (χ1) is 13.8. The van der Waals surface area contributed by atoms with Gasteiger partial charge in [-0.1, -0.05) is 19.9 Å². The highest BCUT2D eigenvalue weighted by Gasteiger charge is 2.57. The maximum atomic E-state index is 13.9. The largest absolute Gasteiger partial charge is 0.350 e. The average Bonchev–Trinajstić information content (AvgIpc) is 3.22. The van der Waals surface area contributed by atoms with Crippen LogP contribution in [0, 0.1) is 30.5 Å². The quantitative estimate of drug-likeness (QED) is 0.844. The van der Waals surface area contributed by atoms with Gasteiger partial charge in [0.2, 0.25) is 5.91 Å². The second kappa shape index (κ2) is 7.71. The topological polar surface area (TPSA) is 52.7 Å². The van der Waals surface area contributed by atoms with E-state index in [1.807, 2.05) is 0 Å². The summed E-state index contributed by atoms with van der Waals surface area (Å²) in [6.07, 6.45) is 2.71. The van der Waals surface area contributed by atoms with E-state index >= 15 is 0 Å². The Hall–Kier alpha value is -1.95. The van der Waals surface area contributed by atoms with Crippen molar-refractivity contribution in [1.29, 1.82) is 0 Å². The number of halogens is 1. The van der Waals surface area contributed by atoms with Crippen LogP contribution >= 0.6 is 0 Å². The fraction of sp³-hybridized carbons (Fsp3) is 0.652. The number of hydrogen-bond acceptors (Lipinski definition) is 3. The number of amides is 2. The number of likely N-dealkylation sites (tertiary alicyclic amines) is 2. The van der Waals surface area contributed by atoms with Gasteiger partial charge in [0.1, 0.15) is 5.82 Å². The molecule has 0 aromatic heterocycles. The highest BCUT2D eigenvalue weighted by molar-refractivity contribution is 5.94. The Labute approximate surface area is 172 Å². The van der Waals surface area contributed by atoms with Gasteiger partial charge in [0.15, 0.2) is 0 Å². The Morgan fingerprint density at radius 1 is 1.28 bits per heavy atom. The predicted molar refractivity (Wildman–Crippen MR) is 110 cm³/mol. The van der Waals surface area contributed by atoms with Gasteiger partial charge in [0.05, 0.1) is 5.92 Å². The Kier molecular flexibility index (Phi) is 5.40. The standard InChI is InChI=1S/C23H32FN3O2/c1-15(2)6-9-26-13-18-19(14-26)23(25-21(18)28)7-10-27(11-8-23)22(29)17-5-4-16(3)20(24)12-17/h4-5,12,15,18-19H,6-11,13-14H2,1-3H3,(H,25,28)/t18-,19+/m1/s1. The molecule has 2 atom stereocenters. The van der Waals surface area contributed by atoms with Crippen molar-refractivity contribution in [2.24, 2.45) is 17.8 Å². The molecule has 0 unspecified atom stereocenters. The molecule has 3 heterocycles. The minimum absolute atomic E-state index is 0.0793. The zero-order valence-corrected chi connectivity index (χ0v) is 17.7. The summed E-state index contributed by atoms with van der Waals surface area (Å²) in [5.74, 6) is 0.792. The zero-order chi connectivity index (χ0) is 20.8. The molecule has 0 radical (unpaired) electrons. The van der Waals surface area contributed by atoms with Crippen LogP contribution in [-0.2, 0) is 4.79 Å². The molecule has 0 saturated carbocycles. The molecule has 1 spiro atoms. The second-order valence-corrected chi connectivity index (χ2v) is 9.56. The number of nitrogens with one attached hydrogen (secondary N) is 1. The highest BCUT2D eigenvalue weighted by atomic mass is 19.1. The summed E-state index contributed by atoms with van der Waals surface area (Å²) in [7, 11) is 0. The van der Waals surface area contributed by atoms with Crippen LogP contribution < -0.4 is 5.32 Å². The number of nitrogens with zero attached hydrogens (tertiary/aromatic N) is 2. The molecular formula is C23H32FN3O2. The smallest absolute Gasteiger partial charge is 0.253 e. The van der Waals surface area contributed by atoms with Gasteiger partial charge >= 0.3 is 0 Å². The van der Waals surface area contributed by atoms with Crippen molar-refractivity contribution >= 4 is 11.8 Å². The summed E-state index contributed by atoms with van der Waals surface area (Å²) >= 11 is 0. The number of piperidine rings is 1. The maximum absolute atomic E-state index is 13.9. The monoisotopic (exact) mass is 401 g/mol. The third-order valence-corrected chi connectivity index (χ3v) is 7.20. The zero-order valence-electron chi connectivity index (χ0n) is 17.7. The number of carbonyl (C=O) groups is 2. The molecule has 4 rings (SSSR count). The highest BCUT2D eigenvalue weighted by Crippen LogP contribution is 2.44. The summed E-state index contributed by atoms with van der Waals surface area (Å²) in [6.45, 7) is 10.2. The van der Waals surface area contributed by atoms with Crippen molar-refractivity contribution in [2.75, 3.05) is 32.7 Å². The number of benzene rings is 1. The van der Waals surface area contributed by atoms with E-state index < -0.39 is 0 Å². The SMILES string of the molecule is Cc1ccc(C(=O)N2CCC3(CC2)NC(=O)[C@@H]2CN(CCC(C)C)C[C@@H]23)cc1F. The van der Waals surface area contributed by atoms with E-state index in [2.05, 4.69) is 24.1 Å². The maximum Gasteiger partial charge on any atom is 0.253 e. The Balaban J connectivity index is 1.41. The lowest BCUT2D eigenvalue weighted by Gasteiger charge is -2.42. The van der Waals surface area contributed by atoms with Crippen molar-refractivity contribution in [1.82, 2.24) is 15.1 Å². The number of aryl methyl sites for hydroxylation is 1. The van der Waals surface area contributed by atoms with Crippen LogP contribution in [0.2, 0.25) is 0 Å². The van der Waals surface area contributed by atoms with Gasteiger partial charge in [0, 0.05) is 43.2 Å². The Morgan fingerprint density at radius 3 is 2.66 bits per heavy atom. The molecule has 2 amide bonds. The molecule has 29 heavy (non-hydrogen) atoms. The number of carbonyl (C=O) groups excluding carboxylic acids is 2. The molecule has 1 aromatic rings. The summed E-state index contributed by atoms with van der Waals surface area (Å²) in [5.41, 5.74) is 0.754. The summed E-state index contributed by atoms with van der Waals surface area (Å²) in [5, 5.41) is 3.31. The van der Waals surface area contributed by atoms with Crippen LogP contribution in [0.4, 0.5) is 4.39 Å². The van der Waals surface area contributed by atoms with Crippen molar-refractivity contribution in [3.8, 4) is 0 Å². The molecule has 5 nitrogen and oxygen atoms in total. The molecule has 0 bridgehead atoms. The molecule has 1 N–H and O–H groups in total. The van der Waals surface area contributed by atoms with Crippen LogP contribution in [0.25, 0.3) is 0 Å². The molecule has 0 aliphatic carbocycles. The normalized spacial score (nSPS) is 26.2. The van der Waals surface area contributed by atoms with E-state index in [0.717, 1.165) is 38.9 Å². The van der Waals surface area contributed by atoms with Gasteiger partial charge < -0.3 is 15.1 Å². The number of rotatable bonds is 4. The fourth-order valence-electron chi connectivity index (χ4n) is 5.28. The first kappa shape index (κ1) is 20.3. The van der Waals surface area contributed by atoms with Gasteiger partial charge in [-0.3, -0.25) is 9.59 Å². The molecule has 3 aliphatic rings. The third kappa shape index (κ3) is 3.79. The van der Waals surface area contributed by atoms with Crippen molar-refractivity contribution in [3.63, 3.8) is 0 Å². The number of fused-ring (bicyclic) bond motifs is 2. The minimum Gasteiger partial charge on any atom is -0.350 e. The lowest BCUT2D eigenvalue weighted by Crippen LogP contribution is -2.56. The van der Waals surface area contributed by atoms with Gasteiger partial charge in [-0.25, -0.2) is 4.39 Å². The minimum atomic E-state index is -0.345. The molecule has 3 aliphatic heterocycles. The van der Waals surface area contributed by atoms with E-state index in [-0.39, 0.29) is 29.1 Å². The van der Waals surface area contributed by atoms with Crippen LogP contribution in [0.5, 0.6) is 0 Å². The fourth-order valence-corrected chi connectivity index (χ4v) is 5.28. The van der Waals surface area contributed by atoms with Crippen LogP contribution in [0.15, 0.2) is 18.2 Å². The molecule has 6 heteroatoms. The first-order valence-corrected chi connectivity index (χ1v) is 10.9. The summed E-state index contributed by atoms with van der Waals surface area (Å²) in [6, 6.07) is 4.68. The van der Waals surface area contributed by atoms with Crippen LogP contribution in [0.1, 0.15) is 49.0 Å². The first-order valence-electron chi connectivity index (χ1n) is 10.9. The second-order valence-electron chi connectivity index (χ2n) is 9.56. The van der Waals surface area contributed by atoms with Gasteiger partial charge in [-0.05, 0) is 56.3 Å². The molecule has 3 saturated heterocycles. The van der Waals surface area contributed by atoms with E-state index in [1.54, 1.807) is 24.0 Å². The molecule has 1 aromatic carbocycles. The van der Waals surface area contributed by atoms with E-state index in [0.29, 0.717) is 36.1 Å². The van der Waals surface area contributed by atoms with Crippen LogP contribution in [-0.4, -0.2) is 59.9 Å². The molecule has 158 valence electrons. The Morgan fingerprint density at radius 2 is 2.00 bits per heavy atom. The third-order valence-electron chi connectivity index (χ3n) is 7.20. The van der Waals surface area contributed by atoms with Crippen molar-refractivity contribution in [2.45, 2.75) is 45.6 Å². The summed E-state index contributed by atoms with van der Waals surface area (Å²) in [4.78, 5) is 29.7. The van der Waals surface area contributed by atoms with E-state index in [1.165, 1.54) is 6.07 Å². The Bertz CT molecular complexity index is 801. The molecular weight excluding hydrogens is 369 g/mol. The average molecular weight is 402 g/mol. The van der Waals surface area contributed by atoms with Crippen molar-refractivity contribution < 1.29 is 14.0 Å². The van der Waals surface area contributed by atoms with Gasteiger partial charge in [0.25, 0.3) is 5.91 Å². The number of hydrogen-bond donors (Lipinski definition) is 1. The van der Waals surface area contributed by atoms with Gasteiger partial charge in [-0.15, -0.1) is 0 Å². The molecule has 3 fully saturated rings. The van der Waals surface area contributed by atoms with E-state index in [4.69, 9.17) is 0 Å². The van der Waals surface area contributed by atoms with Crippen molar-refractivity contribution in [3.05, 3.63) is 35.1 Å². The van der Waals surface area contributed by atoms with Gasteiger partial charge in [-0.2, -0.15) is 0 Å². The van der Waals surface area contributed by atoms with Crippen LogP contribution in [0.3, 0.4) is 0 Å². The summed E-state index contributed by atoms with van der Waals surface area (Å²) < 4.78 is 13.9.